The molecule has 3 rings (SSSR count). The maximum Gasteiger partial charge on any atom is 0.151 e. The summed E-state index contributed by atoms with van der Waals surface area (Å²) in [5.41, 5.74) is 7.82. The van der Waals surface area contributed by atoms with E-state index in [0.29, 0.717) is 13.1 Å². The zero-order valence-corrected chi connectivity index (χ0v) is 11.5. The number of rotatable bonds is 5. The Morgan fingerprint density at radius 1 is 1.30 bits per heavy atom. The van der Waals surface area contributed by atoms with Gasteiger partial charge in [-0.2, -0.15) is 0 Å². The molecule has 0 aliphatic heterocycles. The summed E-state index contributed by atoms with van der Waals surface area (Å²) in [4.78, 5) is 6.80. The van der Waals surface area contributed by atoms with Crippen molar-refractivity contribution in [3.8, 4) is 0 Å². The van der Waals surface area contributed by atoms with Crippen LogP contribution in [-0.4, -0.2) is 23.0 Å². The number of furan rings is 1. The average molecular weight is 270 g/mol. The second-order valence-corrected chi connectivity index (χ2v) is 4.79. The van der Waals surface area contributed by atoms with Crippen molar-refractivity contribution in [2.24, 2.45) is 5.73 Å². The van der Waals surface area contributed by atoms with Crippen molar-refractivity contribution in [2.75, 3.05) is 18.5 Å². The SMILES string of the molecule is CN(Cc1ccco1)c1nc2ccccn2c1CCN. The molecule has 0 aliphatic carbocycles. The van der Waals surface area contributed by atoms with Gasteiger partial charge in [0.25, 0.3) is 0 Å². The third kappa shape index (κ3) is 2.28. The van der Waals surface area contributed by atoms with Gasteiger partial charge >= 0.3 is 0 Å². The monoisotopic (exact) mass is 270 g/mol. The molecule has 0 unspecified atom stereocenters. The zero-order valence-electron chi connectivity index (χ0n) is 11.5. The third-order valence-corrected chi connectivity index (χ3v) is 3.32. The first kappa shape index (κ1) is 12.7. The van der Waals surface area contributed by atoms with E-state index in [9.17, 15) is 0 Å². The van der Waals surface area contributed by atoms with Crippen LogP contribution in [0.1, 0.15) is 11.5 Å². The van der Waals surface area contributed by atoms with Crippen LogP contribution in [-0.2, 0) is 13.0 Å². The highest BCUT2D eigenvalue weighted by atomic mass is 16.3. The van der Waals surface area contributed by atoms with Gasteiger partial charge in [-0.1, -0.05) is 6.07 Å². The van der Waals surface area contributed by atoms with Gasteiger partial charge in [0.2, 0.25) is 0 Å². The molecule has 0 saturated heterocycles. The molecule has 20 heavy (non-hydrogen) atoms. The standard InChI is InChI=1S/C15H18N4O/c1-18(11-12-5-4-10-20-12)15-13(7-8-16)19-9-3-2-6-14(19)17-15/h2-6,9-10H,7-8,11,16H2,1H3. The highest BCUT2D eigenvalue weighted by molar-refractivity contribution is 5.55. The Bertz CT molecular complexity index is 687. The number of anilines is 1. The lowest BCUT2D eigenvalue weighted by Crippen LogP contribution is -2.19. The summed E-state index contributed by atoms with van der Waals surface area (Å²) < 4.78 is 7.50. The van der Waals surface area contributed by atoms with Gasteiger partial charge in [0.1, 0.15) is 11.4 Å². The van der Waals surface area contributed by atoms with E-state index in [1.807, 2.05) is 43.6 Å². The van der Waals surface area contributed by atoms with Crippen molar-refractivity contribution in [1.29, 1.82) is 0 Å². The summed E-state index contributed by atoms with van der Waals surface area (Å²) in [5.74, 6) is 1.88. The van der Waals surface area contributed by atoms with Crippen molar-refractivity contribution in [1.82, 2.24) is 9.38 Å². The number of aromatic nitrogens is 2. The number of imidazole rings is 1. The lowest BCUT2D eigenvalue weighted by atomic mass is 10.3. The molecule has 0 saturated carbocycles. The Morgan fingerprint density at radius 2 is 2.20 bits per heavy atom. The molecular formula is C15H18N4O. The smallest absolute Gasteiger partial charge is 0.151 e. The summed E-state index contributed by atoms with van der Waals surface area (Å²) in [6.45, 7) is 1.29. The van der Waals surface area contributed by atoms with E-state index >= 15 is 0 Å². The number of fused-ring (bicyclic) bond motifs is 1. The van der Waals surface area contributed by atoms with E-state index in [4.69, 9.17) is 15.1 Å². The number of hydrogen-bond donors (Lipinski definition) is 1. The lowest BCUT2D eigenvalue weighted by molar-refractivity contribution is 0.507. The number of pyridine rings is 1. The Kier molecular flexibility index (Phi) is 3.43. The highest BCUT2D eigenvalue weighted by Gasteiger charge is 2.15. The second kappa shape index (κ2) is 5.38. The fourth-order valence-electron chi connectivity index (χ4n) is 2.42. The summed E-state index contributed by atoms with van der Waals surface area (Å²) in [6, 6.07) is 9.86. The van der Waals surface area contributed by atoms with Crippen LogP contribution in [0.25, 0.3) is 5.65 Å². The summed E-state index contributed by atoms with van der Waals surface area (Å²) >= 11 is 0. The average Bonchev–Trinajstić information content (AvgIpc) is 3.07. The van der Waals surface area contributed by atoms with Crippen LogP contribution in [0.2, 0.25) is 0 Å². The molecule has 0 amide bonds. The van der Waals surface area contributed by atoms with Crippen LogP contribution >= 0.6 is 0 Å². The number of nitrogens with two attached hydrogens (primary N) is 1. The quantitative estimate of drug-likeness (QED) is 0.771. The van der Waals surface area contributed by atoms with Crippen molar-refractivity contribution in [2.45, 2.75) is 13.0 Å². The molecule has 0 spiro atoms. The molecule has 0 atom stereocenters. The van der Waals surface area contributed by atoms with Crippen LogP contribution in [0.3, 0.4) is 0 Å². The predicted octanol–water partition coefficient (Wildman–Crippen LogP) is 2.06. The van der Waals surface area contributed by atoms with E-state index in [2.05, 4.69) is 9.30 Å². The summed E-state index contributed by atoms with van der Waals surface area (Å²) in [5, 5.41) is 0. The number of nitrogens with zero attached hydrogens (tertiary/aromatic N) is 3. The number of hydrogen-bond acceptors (Lipinski definition) is 4. The summed E-state index contributed by atoms with van der Waals surface area (Å²) in [6.07, 6.45) is 4.51. The fraction of sp³-hybridized carbons (Fsp3) is 0.267. The molecule has 5 heteroatoms. The molecular weight excluding hydrogens is 252 g/mol. The minimum atomic E-state index is 0.601. The second-order valence-electron chi connectivity index (χ2n) is 4.79. The van der Waals surface area contributed by atoms with Gasteiger partial charge < -0.3 is 19.5 Å². The van der Waals surface area contributed by atoms with E-state index in [-0.39, 0.29) is 0 Å². The van der Waals surface area contributed by atoms with Crippen molar-refractivity contribution in [3.05, 3.63) is 54.2 Å². The molecule has 104 valence electrons. The van der Waals surface area contributed by atoms with Gasteiger partial charge in [0, 0.05) is 19.7 Å². The minimum absolute atomic E-state index is 0.601. The van der Waals surface area contributed by atoms with Crippen LogP contribution in [0.15, 0.2) is 47.2 Å². The van der Waals surface area contributed by atoms with Gasteiger partial charge in [-0.15, -0.1) is 0 Å². The topological polar surface area (TPSA) is 59.7 Å². The van der Waals surface area contributed by atoms with Crippen LogP contribution in [0, 0.1) is 0 Å². The predicted molar refractivity (Wildman–Crippen MR) is 78.8 cm³/mol. The van der Waals surface area contributed by atoms with Gasteiger partial charge in [-0.3, -0.25) is 0 Å². The van der Waals surface area contributed by atoms with E-state index in [0.717, 1.165) is 29.3 Å². The maximum absolute atomic E-state index is 5.74. The first-order valence-corrected chi connectivity index (χ1v) is 6.69. The minimum Gasteiger partial charge on any atom is -0.467 e. The van der Waals surface area contributed by atoms with Gasteiger partial charge in [0.15, 0.2) is 5.82 Å². The van der Waals surface area contributed by atoms with E-state index in [1.54, 1.807) is 6.26 Å². The van der Waals surface area contributed by atoms with Crippen molar-refractivity contribution in [3.63, 3.8) is 0 Å². The Morgan fingerprint density at radius 3 is 2.95 bits per heavy atom. The Hall–Kier alpha value is -2.27. The van der Waals surface area contributed by atoms with Crippen molar-refractivity contribution >= 4 is 11.5 Å². The van der Waals surface area contributed by atoms with Crippen LogP contribution in [0.4, 0.5) is 5.82 Å². The van der Waals surface area contributed by atoms with Gasteiger partial charge in [-0.05, 0) is 30.8 Å². The fourth-order valence-corrected chi connectivity index (χ4v) is 2.42. The molecule has 2 N–H and O–H groups in total. The van der Waals surface area contributed by atoms with Crippen LogP contribution in [0.5, 0.6) is 0 Å². The first-order chi connectivity index (χ1) is 9.79. The van der Waals surface area contributed by atoms with Crippen LogP contribution < -0.4 is 10.6 Å². The zero-order chi connectivity index (χ0) is 13.9. The molecule has 3 heterocycles. The molecule has 0 aliphatic rings. The highest BCUT2D eigenvalue weighted by Crippen LogP contribution is 2.22. The molecule has 3 aromatic heterocycles. The third-order valence-electron chi connectivity index (χ3n) is 3.32. The lowest BCUT2D eigenvalue weighted by Gasteiger charge is -2.16. The largest absolute Gasteiger partial charge is 0.467 e. The molecule has 0 fully saturated rings. The van der Waals surface area contributed by atoms with Crippen molar-refractivity contribution < 1.29 is 4.42 Å². The van der Waals surface area contributed by atoms with E-state index in [1.165, 1.54) is 0 Å². The van der Waals surface area contributed by atoms with E-state index < -0.39 is 0 Å². The molecule has 5 nitrogen and oxygen atoms in total. The van der Waals surface area contributed by atoms with Gasteiger partial charge in [-0.25, -0.2) is 4.98 Å². The maximum atomic E-state index is 5.74. The first-order valence-electron chi connectivity index (χ1n) is 6.69. The molecule has 0 radical (unpaired) electrons. The normalized spacial score (nSPS) is 11.1. The summed E-state index contributed by atoms with van der Waals surface area (Å²) in [7, 11) is 2.02. The Labute approximate surface area is 117 Å². The molecule has 3 aromatic rings. The molecule has 0 bridgehead atoms. The van der Waals surface area contributed by atoms with Gasteiger partial charge in [0.05, 0.1) is 18.5 Å². The Balaban J connectivity index is 1.98. The molecule has 0 aromatic carbocycles.